The second kappa shape index (κ2) is 8.30. The van der Waals surface area contributed by atoms with E-state index in [4.69, 9.17) is 14.8 Å². The smallest absolute Gasteiger partial charge is 0.228 e. The number of hydrogen-bond donors (Lipinski definition) is 2. The Hall–Kier alpha value is -3.63. The number of aliphatic hydroxyl groups is 1. The summed E-state index contributed by atoms with van der Waals surface area (Å²) >= 11 is 0. The Morgan fingerprint density at radius 1 is 1.21 bits per heavy atom. The molecule has 4 aromatic heterocycles. The Morgan fingerprint density at radius 2 is 2.03 bits per heavy atom. The molecule has 174 valence electrons. The minimum atomic E-state index is -0.217. The molecule has 10 nitrogen and oxygen atoms in total. The molecule has 1 aliphatic carbocycles. The second-order valence-corrected chi connectivity index (χ2v) is 8.93. The second-order valence-electron chi connectivity index (χ2n) is 8.93. The zero-order valence-corrected chi connectivity index (χ0v) is 18.8. The Labute approximate surface area is 195 Å². The molecule has 2 aliphatic rings. The highest BCUT2D eigenvalue weighted by molar-refractivity contribution is 6.00. The summed E-state index contributed by atoms with van der Waals surface area (Å²) in [4.78, 5) is 28.2. The van der Waals surface area contributed by atoms with Gasteiger partial charge in [-0.15, -0.1) is 5.10 Å². The molecule has 0 aromatic carbocycles. The number of carbonyl (C=O) groups excluding carboxylic acids is 1. The first-order chi connectivity index (χ1) is 16.6. The quantitative estimate of drug-likeness (QED) is 0.467. The Kier molecular flexibility index (Phi) is 5.11. The van der Waals surface area contributed by atoms with Gasteiger partial charge in [-0.1, -0.05) is 6.92 Å². The molecule has 2 atom stereocenters. The van der Waals surface area contributed by atoms with E-state index in [1.165, 1.54) is 0 Å². The van der Waals surface area contributed by atoms with Gasteiger partial charge in [0.25, 0.3) is 0 Å². The van der Waals surface area contributed by atoms with E-state index < -0.39 is 0 Å². The minimum absolute atomic E-state index is 0.0150. The Morgan fingerprint density at radius 3 is 2.79 bits per heavy atom. The van der Waals surface area contributed by atoms with Gasteiger partial charge in [-0.2, -0.15) is 0 Å². The van der Waals surface area contributed by atoms with Crippen LogP contribution in [0.1, 0.15) is 19.0 Å². The van der Waals surface area contributed by atoms with E-state index in [0.29, 0.717) is 47.4 Å². The Balaban J connectivity index is 1.40. The van der Waals surface area contributed by atoms with Gasteiger partial charge in [-0.05, 0) is 30.5 Å². The fourth-order valence-electron chi connectivity index (χ4n) is 4.46. The van der Waals surface area contributed by atoms with Crippen LogP contribution in [0.15, 0.2) is 36.8 Å². The van der Waals surface area contributed by atoms with Gasteiger partial charge < -0.3 is 20.1 Å². The first kappa shape index (κ1) is 20.9. The van der Waals surface area contributed by atoms with E-state index in [1.807, 2.05) is 18.3 Å². The van der Waals surface area contributed by atoms with Crippen molar-refractivity contribution in [3.05, 3.63) is 42.5 Å². The van der Waals surface area contributed by atoms with Crippen LogP contribution in [-0.2, 0) is 16.1 Å². The summed E-state index contributed by atoms with van der Waals surface area (Å²) in [7, 11) is 0. The first-order valence-electron chi connectivity index (χ1n) is 11.5. The lowest BCUT2D eigenvalue weighted by molar-refractivity contribution is -0.117. The van der Waals surface area contributed by atoms with Crippen LogP contribution in [0.25, 0.3) is 27.8 Å². The number of aromatic nitrogens is 5. The van der Waals surface area contributed by atoms with Gasteiger partial charge in [0, 0.05) is 47.7 Å². The third-order valence-corrected chi connectivity index (χ3v) is 6.63. The standard InChI is InChI=1S/C24H25N7O3/c1-14-8-16(14)24(33)27-21-9-17-18(10-26-21)20(13-32)25-11-19(17)23-28-22-3-2-15(12-31(22)29-23)30-4-6-34-7-5-30/h2-3,9-12,14,16,32H,4-8,13H2,1H3,(H,26,27,33)/t14-,16+/m1/s1. The highest BCUT2D eigenvalue weighted by atomic mass is 16.5. The van der Waals surface area contributed by atoms with Gasteiger partial charge in [-0.25, -0.2) is 14.5 Å². The fourth-order valence-corrected chi connectivity index (χ4v) is 4.46. The normalized spacial score (nSPS) is 20.1. The number of carbonyl (C=O) groups is 1. The van der Waals surface area contributed by atoms with Crippen molar-refractivity contribution in [2.75, 3.05) is 36.5 Å². The van der Waals surface area contributed by atoms with Crippen molar-refractivity contribution in [1.82, 2.24) is 24.6 Å². The molecule has 34 heavy (non-hydrogen) atoms. The molecule has 2 fully saturated rings. The minimum Gasteiger partial charge on any atom is -0.390 e. The average molecular weight is 460 g/mol. The predicted octanol–water partition coefficient (Wildman–Crippen LogP) is 2.26. The number of hydrogen-bond acceptors (Lipinski definition) is 8. The van der Waals surface area contributed by atoms with Crippen LogP contribution in [0.3, 0.4) is 0 Å². The van der Waals surface area contributed by atoms with Crippen LogP contribution >= 0.6 is 0 Å². The number of anilines is 2. The van der Waals surface area contributed by atoms with Gasteiger partial charge >= 0.3 is 0 Å². The van der Waals surface area contributed by atoms with Crippen molar-refractivity contribution in [3.63, 3.8) is 0 Å². The van der Waals surface area contributed by atoms with Crippen LogP contribution in [0.2, 0.25) is 0 Å². The largest absolute Gasteiger partial charge is 0.390 e. The lowest BCUT2D eigenvalue weighted by Crippen LogP contribution is -2.36. The van der Waals surface area contributed by atoms with Gasteiger partial charge in [-0.3, -0.25) is 9.78 Å². The predicted molar refractivity (Wildman–Crippen MR) is 126 cm³/mol. The highest BCUT2D eigenvalue weighted by Crippen LogP contribution is 2.38. The van der Waals surface area contributed by atoms with E-state index in [0.717, 1.165) is 36.2 Å². The molecular formula is C24H25N7O3. The number of nitrogens with one attached hydrogen (secondary N) is 1. The molecule has 1 saturated heterocycles. The van der Waals surface area contributed by atoms with Crippen LogP contribution in [-0.4, -0.2) is 61.9 Å². The van der Waals surface area contributed by atoms with Crippen LogP contribution < -0.4 is 10.2 Å². The van der Waals surface area contributed by atoms with E-state index in [1.54, 1.807) is 23.0 Å². The number of morpholine rings is 1. The summed E-state index contributed by atoms with van der Waals surface area (Å²) in [6.07, 6.45) is 6.18. The lowest BCUT2D eigenvalue weighted by Gasteiger charge is -2.28. The number of aliphatic hydroxyl groups excluding tert-OH is 1. The molecule has 10 heteroatoms. The molecule has 1 amide bonds. The molecule has 0 spiro atoms. The van der Waals surface area contributed by atoms with Gasteiger partial charge in [0.1, 0.15) is 5.82 Å². The van der Waals surface area contributed by atoms with Crippen molar-refractivity contribution < 1.29 is 14.6 Å². The summed E-state index contributed by atoms with van der Waals surface area (Å²) in [5.41, 5.74) is 3.01. The van der Waals surface area contributed by atoms with Crippen molar-refractivity contribution in [2.24, 2.45) is 11.8 Å². The number of pyridine rings is 3. The van der Waals surface area contributed by atoms with E-state index in [2.05, 4.69) is 27.1 Å². The van der Waals surface area contributed by atoms with Crippen LogP contribution in [0.5, 0.6) is 0 Å². The molecule has 2 N–H and O–H groups in total. The molecule has 5 heterocycles. The van der Waals surface area contributed by atoms with E-state index >= 15 is 0 Å². The number of ether oxygens (including phenoxy) is 1. The van der Waals surface area contributed by atoms with Crippen molar-refractivity contribution >= 4 is 33.8 Å². The number of fused-ring (bicyclic) bond motifs is 2. The molecule has 0 bridgehead atoms. The molecule has 4 aromatic rings. The van der Waals surface area contributed by atoms with E-state index in [9.17, 15) is 9.90 Å². The summed E-state index contributed by atoms with van der Waals surface area (Å²) in [6.45, 7) is 4.95. The molecule has 1 saturated carbocycles. The highest BCUT2D eigenvalue weighted by Gasteiger charge is 2.39. The van der Waals surface area contributed by atoms with Crippen LogP contribution in [0, 0.1) is 11.8 Å². The van der Waals surface area contributed by atoms with Gasteiger partial charge in [0.05, 0.1) is 37.4 Å². The first-order valence-corrected chi connectivity index (χ1v) is 11.5. The Bertz CT molecular complexity index is 1400. The van der Waals surface area contributed by atoms with Crippen molar-refractivity contribution in [1.29, 1.82) is 0 Å². The maximum absolute atomic E-state index is 12.4. The lowest BCUT2D eigenvalue weighted by atomic mass is 10.1. The number of rotatable bonds is 5. The summed E-state index contributed by atoms with van der Waals surface area (Å²) in [6, 6.07) is 5.80. The maximum Gasteiger partial charge on any atom is 0.228 e. The van der Waals surface area contributed by atoms with Crippen molar-refractivity contribution in [2.45, 2.75) is 20.0 Å². The van der Waals surface area contributed by atoms with Gasteiger partial charge in [0.15, 0.2) is 11.5 Å². The SMILES string of the molecule is C[C@@H]1C[C@@H]1C(=O)Nc1cc2c(-c3nc4ccc(N5CCOCC5)cn4n3)cnc(CO)c2cn1. The van der Waals surface area contributed by atoms with Crippen molar-refractivity contribution in [3.8, 4) is 11.4 Å². The monoisotopic (exact) mass is 459 g/mol. The maximum atomic E-state index is 12.4. The average Bonchev–Trinajstić information content (AvgIpc) is 3.45. The molecule has 6 rings (SSSR count). The fraction of sp³-hybridized carbons (Fsp3) is 0.375. The topological polar surface area (TPSA) is 118 Å². The zero-order chi connectivity index (χ0) is 23.2. The van der Waals surface area contributed by atoms with Crippen LogP contribution in [0.4, 0.5) is 11.5 Å². The van der Waals surface area contributed by atoms with E-state index in [-0.39, 0.29) is 18.4 Å². The molecule has 1 aliphatic heterocycles. The molecule has 0 unspecified atom stereocenters. The van der Waals surface area contributed by atoms with Gasteiger partial charge in [0.2, 0.25) is 5.91 Å². The third-order valence-electron chi connectivity index (χ3n) is 6.63. The number of amides is 1. The summed E-state index contributed by atoms with van der Waals surface area (Å²) in [5.74, 6) is 1.42. The molecular weight excluding hydrogens is 434 g/mol. The number of nitrogens with zero attached hydrogens (tertiary/aromatic N) is 6. The zero-order valence-electron chi connectivity index (χ0n) is 18.8. The third kappa shape index (κ3) is 3.74. The summed E-state index contributed by atoms with van der Waals surface area (Å²) < 4.78 is 7.22. The molecule has 0 radical (unpaired) electrons. The summed E-state index contributed by atoms with van der Waals surface area (Å²) in [5, 5.41) is 18.9.